The lowest BCUT2D eigenvalue weighted by Crippen LogP contribution is -2.26. The fourth-order valence-corrected chi connectivity index (χ4v) is 1.80. The van der Waals surface area contributed by atoms with Crippen molar-refractivity contribution in [3.05, 3.63) is 35.9 Å². The van der Waals surface area contributed by atoms with Crippen molar-refractivity contribution in [1.82, 2.24) is 10.0 Å². The molecular formula is C13H18N2O2S. The average molecular weight is 266 g/mol. The lowest BCUT2D eigenvalue weighted by atomic mass is 10.2. The van der Waals surface area contributed by atoms with Crippen LogP contribution in [0.4, 0.5) is 0 Å². The minimum atomic E-state index is -3.06. The fourth-order valence-electron chi connectivity index (χ4n) is 1.29. The standard InChI is InChI=1S/C13H18N2O2S/c1-18(16,17)15-12-6-11-14-10-5-9-13-7-3-2-4-8-13/h2-4,7-8,14-15H,6,10-12H2,1H3. The second-order valence-electron chi connectivity index (χ2n) is 3.86. The zero-order valence-electron chi connectivity index (χ0n) is 10.4. The Labute approximate surface area is 109 Å². The van der Waals surface area contributed by atoms with Gasteiger partial charge in [-0.3, -0.25) is 0 Å². The predicted octanol–water partition coefficient (Wildman–Crippen LogP) is 0.567. The van der Waals surface area contributed by atoms with Crippen molar-refractivity contribution in [1.29, 1.82) is 0 Å². The molecule has 1 aromatic rings. The van der Waals surface area contributed by atoms with E-state index in [0.29, 0.717) is 13.1 Å². The van der Waals surface area contributed by atoms with Crippen LogP contribution in [0, 0.1) is 11.8 Å². The first-order chi connectivity index (χ1) is 8.58. The summed E-state index contributed by atoms with van der Waals surface area (Å²) in [6, 6.07) is 9.78. The number of sulfonamides is 1. The Hall–Kier alpha value is -1.35. The molecule has 5 heteroatoms. The second kappa shape index (κ2) is 7.88. The molecule has 0 aliphatic heterocycles. The molecule has 1 aromatic carbocycles. The first kappa shape index (κ1) is 14.7. The molecule has 1 rings (SSSR count). The molecular weight excluding hydrogens is 248 g/mol. The SMILES string of the molecule is CS(=O)(=O)NCCCNCC#Cc1ccccc1. The van der Waals surface area contributed by atoms with Gasteiger partial charge in [0.25, 0.3) is 0 Å². The Morgan fingerprint density at radius 3 is 2.56 bits per heavy atom. The van der Waals surface area contributed by atoms with E-state index in [4.69, 9.17) is 0 Å². The Morgan fingerprint density at radius 1 is 1.17 bits per heavy atom. The molecule has 2 N–H and O–H groups in total. The van der Waals surface area contributed by atoms with E-state index in [1.54, 1.807) is 0 Å². The maximum Gasteiger partial charge on any atom is 0.208 e. The van der Waals surface area contributed by atoms with E-state index < -0.39 is 10.0 Å². The number of rotatable bonds is 6. The number of nitrogens with one attached hydrogen (secondary N) is 2. The van der Waals surface area contributed by atoms with Crippen LogP contribution >= 0.6 is 0 Å². The van der Waals surface area contributed by atoms with Gasteiger partial charge in [0.05, 0.1) is 12.8 Å². The normalized spacial score (nSPS) is 10.7. The zero-order valence-corrected chi connectivity index (χ0v) is 11.3. The van der Waals surface area contributed by atoms with Crippen molar-refractivity contribution in [2.24, 2.45) is 0 Å². The van der Waals surface area contributed by atoms with Gasteiger partial charge in [-0.15, -0.1) is 0 Å². The number of hydrogen-bond donors (Lipinski definition) is 2. The van der Waals surface area contributed by atoms with Crippen LogP contribution in [-0.4, -0.2) is 34.3 Å². The fraction of sp³-hybridized carbons (Fsp3) is 0.385. The van der Waals surface area contributed by atoms with E-state index in [0.717, 1.165) is 24.8 Å². The molecule has 0 amide bonds. The highest BCUT2D eigenvalue weighted by molar-refractivity contribution is 7.88. The monoisotopic (exact) mass is 266 g/mol. The van der Waals surface area contributed by atoms with Crippen LogP contribution < -0.4 is 10.0 Å². The molecule has 0 radical (unpaired) electrons. The van der Waals surface area contributed by atoms with Crippen LogP contribution in [0.25, 0.3) is 0 Å². The Balaban J connectivity index is 2.08. The first-order valence-corrected chi connectivity index (χ1v) is 7.66. The molecule has 0 atom stereocenters. The number of benzene rings is 1. The van der Waals surface area contributed by atoms with Crippen molar-refractivity contribution < 1.29 is 8.42 Å². The molecule has 0 unspecified atom stereocenters. The maximum absolute atomic E-state index is 10.8. The van der Waals surface area contributed by atoms with Gasteiger partial charge in [-0.25, -0.2) is 13.1 Å². The Bertz CT molecular complexity index is 501. The molecule has 0 aliphatic rings. The molecule has 0 spiro atoms. The van der Waals surface area contributed by atoms with Crippen molar-refractivity contribution in [3.8, 4) is 11.8 Å². The predicted molar refractivity (Wildman–Crippen MR) is 73.7 cm³/mol. The minimum Gasteiger partial charge on any atom is -0.306 e. The van der Waals surface area contributed by atoms with Gasteiger partial charge in [0.15, 0.2) is 0 Å². The van der Waals surface area contributed by atoms with Crippen LogP contribution in [0.2, 0.25) is 0 Å². The third kappa shape index (κ3) is 7.85. The number of hydrogen-bond acceptors (Lipinski definition) is 3. The molecule has 0 bridgehead atoms. The Kier molecular flexibility index (Phi) is 6.44. The van der Waals surface area contributed by atoms with Crippen LogP contribution in [0.15, 0.2) is 30.3 Å². The maximum atomic E-state index is 10.8. The third-order valence-electron chi connectivity index (χ3n) is 2.11. The lowest BCUT2D eigenvalue weighted by molar-refractivity contribution is 0.582. The molecule has 98 valence electrons. The summed E-state index contributed by atoms with van der Waals surface area (Å²) in [5, 5.41) is 3.13. The Morgan fingerprint density at radius 2 is 1.89 bits per heavy atom. The van der Waals surface area contributed by atoms with Crippen molar-refractivity contribution >= 4 is 10.0 Å². The molecule has 0 saturated carbocycles. The topological polar surface area (TPSA) is 58.2 Å². The molecule has 0 fully saturated rings. The quantitative estimate of drug-likeness (QED) is 0.584. The highest BCUT2D eigenvalue weighted by Crippen LogP contribution is 1.94. The summed E-state index contributed by atoms with van der Waals surface area (Å²) in [4.78, 5) is 0. The molecule has 0 aromatic heterocycles. The van der Waals surface area contributed by atoms with Crippen molar-refractivity contribution in [2.45, 2.75) is 6.42 Å². The van der Waals surface area contributed by atoms with Crippen molar-refractivity contribution in [2.75, 3.05) is 25.9 Å². The lowest BCUT2D eigenvalue weighted by Gasteiger charge is -2.01. The minimum absolute atomic E-state index is 0.456. The van der Waals surface area contributed by atoms with Gasteiger partial charge in [0.2, 0.25) is 10.0 Å². The average Bonchev–Trinajstić information content (AvgIpc) is 2.32. The van der Waals surface area contributed by atoms with Gasteiger partial charge in [0, 0.05) is 12.1 Å². The molecule has 0 heterocycles. The summed E-state index contributed by atoms with van der Waals surface area (Å²) < 4.78 is 24.0. The summed E-state index contributed by atoms with van der Waals surface area (Å²) in [5.74, 6) is 6.04. The first-order valence-electron chi connectivity index (χ1n) is 5.77. The summed E-state index contributed by atoms with van der Waals surface area (Å²) in [6.45, 7) is 1.80. The highest BCUT2D eigenvalue weighted by atomic mass is 32.2. The van der Waals surface area contributed by atoms with E-state index in [1.807, 2.05) is 30.3 Å². The summed E-state index contributed by atoms with van der Waals surface area (Å²) >= 11 is 0. The molecule has 0 aliphatic carbocycles. The van der Waals surface area contributed by atoms with E-state index in [9.17, 15) is 8.42 Å². The van der Waals surface area contributed by atoms with Gasteiger partial charge < -0.3 is 5.32 Å². The van der Waals surface area contributed by atoms with Gasteiger partial charge in [-0.1, -0.05) is 30.0 Å². The molecule has 0 saturated heterocycles. The summed E-state index contributed by atoms with van der Waals surface area (Å²) in [7, 11) is -3.06. The summed E-state index contributed by atoms with van der Waals surface area (Å²) in [5.41, 5.74) is 0.998. The van der Waals surface area contributed by atoms with Crippen LogP contribution in [-0.2, 0) is 10.0 Å². The highest BCUT2D eigenvalue weighted by Gasteiger charge is 1.97. The summed E-state index contributed by atoms with van der Waals surface area (Å²) in [6.07, 6.45) is 1.91. The molecule has 4 nitrogen and oxygen atoms in total. The van der Waals surface area contributed by atoms with E-state index in [-0.39, 0.29) is 0 Å². The molecule has 18 heavy (non-hydrogen) atoms. The van der Waals surface area contributed by atoms with E-state index >= 15 is 0 Å². The van der Waals surface area contributed by atoms with E-state index in [2.05, 4.69) is 21.9 Å². The smallest absolute Gasteiger partial charge is 0.208 e. The largest absolute Gasteiger partial charge is 0.306 e. The van der Waals surface area contributed by atoms with Crippen LogP contribution in [0.5, 0.6) is 0 Å². The van der Waals surface area contributed by atoms with E-state index in [1.165, 1.54) is 0 Å². The van der Waals surface area contributed by atoms with Gasteiger partial charge in [-0.05, 0) is 25.1 Å². The zero-order chi connectivity index (χ0) is 13.3. The van der Waals surface area contributed by atoms with Crippen molar-refractivity contribution in [3.63, 3.8) is 0 Å². The van der Waals surface area contributed by atoms with Gasteiger partial charge in [0.1, 0.15) is 0 Å². The van der Waals surface area contributed by atoms with Crippen LogP contribution in [0.1, 0.15) is 12.0 Å². The second-order valence-corrected chi connectivity index (χ2v) is 5.70. The van der Waals surface area contributed by atoms with Crippen LogP contribution in [0.3, 0.4) is 0 Å². The van der Waals surface area contributed by atoms with Gasteiger partial charge >= 0.3 is 0 Å². The third-order valence-corrected chi connectivity index (χ3v) is 2.84. The van der Waals surface area contributed by atoms with Gasteiger partial charge in [-0.2, -0.15) is 0 Å².